The van der Waals surface area contributed by atoms with Crippen molar-refractivity contribution in [3.63, 3.8) is 0 Å². The lowest BCUT2D eigenvalue weighted by atomic mass is 10.2. The van der Waals surface area contributed by atoms with E-state index >= 15 is 0 Å². The molecule has 1 heterocycles. The minimum atomic E-state index is -0.814. The van der Waals surface area contributed by atoms with E-state index in [1.54, 1.807) is 11.8 Å². The van der Waals surface area contributed by atoms with Gasteiger partial charge in [-0.3, -0.25) is 9.69 Å². The van der Waals surface area contributed by atoms with Crippen LogP contribution in [-0.2, 0) is 4.79 Å². The molecule has 1 aliphatic heterocycles. The molecule has 0 aliphatic carbocycles. The highest BCUT2D eigenvalue weighted by atomic mass is 19.1. The smallest absolute Gasteiger partial charge is 0.263 e. The largest absolute Gasteiger partial charge is 0.478 e. The first kappa shape index (κ1) is 16.4. The summed E-state index contributed by atoms with van der Waals surface area (Å²) in [5.74, 6) is -1.80. The molecule has 22 heavy (non-hydrogen) atoms. The van der Waals surface area contributed by atoms with Gasteiger partial charge in [0.15, 0.2) is 17.7 Å². The molecule has 1 aliphatic rings. The van der Waals surface area contributed by atoms with Gasteiger partial charge in [-0.25, -0.2) is 8.78 Å². The van der Waals surface area contributed by atoms with Crippen LogP contribution in [0.3, 0.4) is 0 Å². The fraction of sp³-hybridized carbons (Fsp3) is 0.438. The summed E-state index contributed by atoms with van der Waals surface area (Å²) < 4.78 is 31.7. The van der Waals surface area contributed by atoms with Gasteiger partial charge in [0.25, 0.3) is 5.91 Å². The van der Waals surface area contributed by atoms with E-state index in [-0.39, 0.29) is 11.7 Å². The predicted molar refractivity (Wildman–Crippen MR) is 79.7 cm³/mol. The first-order chi connectivity index (χ1) is 10.5. The van der Waals surface area contributed by atoms with Crippen molar-refractivity contribution in [2.75, 3.05) is 32.7 Å². The molecule has 1 fully saturated rings. The molecule has 0 bridgehead atoms. The van der Waals surface area contributed by atoms with Crippen molar-refractivity contribution in [3.8, 4) is 5.75 Å². The molecular formula is C16H20F2N2O2. The van der Waals surface area contributed by atoms with Crippen molar-refractivity contribution < 1.29 is 18.3 Å². The Labute approximate surface area is 129 Å². The van der Waals surface area contributed by atoms with Gasteiger partial charge in [-0.1, -0.05) is 6.08 Å². The Kier molecular flexibility index (Phi) is 5.49. The minimum absolute atomic E-state index is 0.118. The number of halogens is 2. The van der Waals surface area contributed by atoms with E-state index in [2.05, 4.69) is 11.5 Å². The lowest BCUT2D eigenvalue weighted by Crippen LogP contribution is -2.51. The normalized spacial score (nSPS) is 17.1. The van der Waals surface area contributed by atoms with Crippen LogP contribution in [0.2, 0.25) is 0 Å². The maximum Gasteiger partial charge on any atom is 0.263 e. The number of piperazine rings is 1. The molecule has 120 valence electrons. The van der Waals surface area contributed by atoms with Crippen molar-refractivity contribution in [1.82, 2.24) is 9.80 Å². The third kappa shape index (κ3) is 4.04. The number of hydrogen-bond donors (Lipinski definition) is 0. The zero-order valence-corrected chi connectivity index (χ0v) is 12.6. The Bertz CT molecular complexity index is 543. The molecule has 4 nitrogen and oxygen atoms in total. The summed E-state index contributed by atoms with van der Waals surface area (Å²) in [6.45, 7) is 8.82. The van der Waals surface area contributed by atoms with E-state index in [9.17, 15) is 13.6 Å². The number of rotatable bonds is 5. The summed E-state index contributed by atoms with van der Waals surface area (Å²) >= 11 is 0. The van der Waals surface area contributed by atoms with Crippen LogP contribution < -0.4 is 4.74 Å². The second-order valence-electron chi connectivity index (χ2n) is 5.25. The summed E-state index contributed by atoms with van der Waals surface area (Å²) in [4.78, 5) is 16.2. The monoisotopic (exact) mass is 310 g/mol. The lowest BCUT2D eigenvalue weighted by Gasteiger charge is -2.35. The molecule has 1 atom stereocenters. The van der Waals surface area contributed by atoms with Crippen molar-refractivity contribution in [2.45, 2.75) is 13.0 Å². The molecule has 6 heteroatoms. The van der Waals surface area contributed by atoms with Crippen LogP contribution in [0.25, 0.3) is 0 Å². The maximum atomic E-state index is 13.5. The van der Waals surface area contributed by atoms with Gasteiger partial charge in [0.1, 0.15) is 5.82 Å². The fourth-order valence-electron chi connectivity index (χ4n) is 2.40. The van der Waals surface area contributed by atoms with E-state index in [4.69, 9.17) is 4.74 Å². The molecule has 2 rings (SSSR count). The van der Waals surface area contributed by atoms with Gasteiger partial charge < -0.3 is 9.64 Å². The molecule has 0 N–H and O–H groups in total. The van der Waals surface area contributed by atoms with Crippen molar-refractivity contribution in [1.29, 1.82) is 0 Å². The Morgan fingerprint density at radius 3 is 2.64 bits per heavy atom. The molecule has 1 aromatic carbocycles. The van der Waals surface area contributed by atoms with Crippen LogP contribution in [0.1, 0.15) is 6.92 Å². The van der Waals surface area contributed by atoms with Gasteiger partial charge in [0.2, 0.25) is 0 Å². The summed E-state index contributed by atoms with van der Waals surface area (Å²) in [6.07, 6.45) is 1.02. The van der Waals surface area contributed by atoms with Crippen LogP contribution in [-0.4, -0.2) is 54.5 Å². The molecule has 0 saturated carbocycles. The predicted octanol–water partition coefficient (Wildman–Crippen LogP) is 2.06. The Morgan fingerprint density at radius 2 is 2.05 bits per heavy atom. The van der Waals surface area contributed by atoms with Crippen LogP contribution in [0.4, 0.5) is 8.78 Å². The lowest BCUT2D eigenvalue weighted by molar-refractivity contribution is -0.139. The second-order valence-corrected chi connectivity index (χ2v) is 5.25. The maximum absolute atomic E-state index is 13.5. The van der Waals surface area contributed by atoms with Gasteiger partial charge in [-0.2, -0.15) is 0 Å². The highest BCUT2D eigenvalue weighted by Gasteiger charge is 2.26. The SMILES string of the molecule is C=CCN1CCN(C(=O)[C@@H](C)Oc2ccc(F)cc2F)CC1. The minimum Gasteiger partial charge on any atom is -0.478 e. The molecule has 1 amide bonds. The molecular weight excluding hydrogens is 290 g/mol. The molecule has 0 spiro atoms. The number of benzene rings is 1. The van der Waals surface area contributed by atoms with E-state index < -0.39 is 17.7 Å². The fourth-order valence-corrected chi connectivity index (χ4v) is 2.40. The molecule has 0 aromatic heterocycles. The Balaban J connectivity index is 1.91. The van der Waals surface area contributed by atoms with E-state index in [0.717, 1.165) is 31.8 Å². The van der Waals surface area contributed by atoms with E-state index in [0.29, 0.717) is 13.1 Å². The average Bonchev–Trinajstić information content (AvgIpc) is 2.50. The van der Waals surface area contributed by atoms with Crippen molar-refractivity contribution in [2.24, 2.45) is 0 Å². The standard InChI is InChI=1S/C16H20F2N2O2/c1-3-6-19-7-9-20(10-8-19)16(21)12(2)22-15-5-4-13(17)11-14(15)18/h3-5,11-12H,1,6-10H2,2H3/t12-/m1/s1. The number of carbonyl (C=O) groups excluding carboxylic acids is 1. The van der Waals surface area contributed by atoms with Crippen LogP contribution in [0.5, 0.6) is 5.75 Å². The molecule has 1 saturated heterocycles. The average molecular weight is 310 g/mol. The van der Waals surface area contributed by atoms with E-state index in [1.807, 2.05) is 6.08 Å². The third-order valence-electron chi connectivity index (χ3n) is 3.62. The van der Waals surface area contributed by atoms with Gasteiger partial charge in [0.05, 0.1) is 0 Å². The summed E-state index contributed by atoms with van der Waals surface area (Å²) in [5, 5.41) is 0. The number of hydrogen-bond acceptors (Lipinski definition) is 3. The summed E-state index contributed by atoms with van der Waals surface area (Å²) in [6, 6.07) is 3.03. The molecule has 1 aromatic rings. The third-order valence-corrected chi connectivity index (χ3v) is 3.62. The zero-order chi connectivity index (χ0) is 16.1. The highest BCUT2D eigenvalue weighted by molar-refractivity contribution is 5.81. The van der Waals surface area contributed by atoms with E-state index in [1.165, 1.54) is 6.07 Å². The number of nitrogens with zero attached hydrogens (tertiary/aromatic N) is 2. The molecule has 0 unspecified atom stereocenters. The number of amides is 1. The molecule has 0 radical (unpaired) electrons. The topological polar surface area (TPSA) is 32.8 Å². The number of ether oxygens (including phenoxy) is 1. The summed E-state index contributed by atoms with van der Waals surface area (Å²) in [5.41, 5.74) is 0. The summed E-state index contributed by atoms with van der Waals surface area (Å²) in [7, 11) is 0. The van der Waals surface area contributed by atoms with Gasteiger partial charge >= 0.3 is 0 Å². The Hall–Kier alpha value is -1.95. The first-order valence-corrected chi connectivity index (χ1v) is 7.25. The van der Waals surface area contributed by atoms with Crippen LogP contribution in [0.15, 0.2) is 30.9 Å². The van der Waals surface area contributed by atoms with Gasteiger partial charge in [-0.15, -0.1) is 6.58 Å². The number of carbonyl (C=O) groups is 1. The Morgan fingerprint density at radius 1 is 1.36 bits per heavy atom. The van der Waals surface area contributed by atoms with Gasteiger partial charge in [-0.05, 0) is 19.1 Å². The first-order valence-electron chi connectivity index (χ1n) is 7.25. The quantitative estimate of drug-likeness (QED) is 0.781. The van der Waals surface area contributed by atoms with Crippen LogP contribution >= 0.6 is 0 Å². The highest BCUT2D eigenvalue weighted by Crippen LogP contribution is 2.19. The van der Waals surface area contributed by atoms with Crippen LogP contribution in [0, 0.1) is 11.6 Å². The van der Waals surface area contributed by atoms with Crippen molar-refractivity contribution in [3.05, 3.63) is 42.5 Å². The van der Waals surface area contributed by atoms with Gasteiger partial charge in [0, 0.05) is 38.8 Å². The second kappa shape index (κ2) is 7.35. The zero-order valence-electron chi connectivity index (χ0n) is 12.6. The van der Waals surface area contributed by atoms with Crippen molar-refractivity contribution >= 4 is 5.91 Å².